The van der Waals surface area contributed by atoms with E-state index in [0.29, 0.717) is 6.61 Å². The minimum atomic E-state index is 0.625. The summed E-state index contributed by atoms with van der Waals surface area (Å²) < 4.78 is 5.83. The van der Waals surface area contributed by atoms with Gasteiger partial charge in [-0.2, -0.15) is 0 Å². The van der Waals surface area contributed by atoms with Gasteiger partial charge in [-0.3, -0.25) is 0 Å². The Kier molecular flexibility index (Phi) is 4.40. The van der Waals surface area contributed by atoms with E-state index in [9.17, 15) is 0 Å². The maximum atomic E-state index is 5.83. The van der Waals surface area contributed by atoms with Gasteiger partial charge in [-0.15, -0.1) is 0 Å². The first-order chi connectivity index (χ1) is 10.3. The molecule has 108 valence electrons. The fourth-order valence-electron chi connectivity index (χ4n) is 2.73. The number of hydrogen-bond acceptors (Lipinski definition) is 1. The molecule has 0 heterocycles. The van der Waals surface area contributed by atoms with Crippen LogP contribution in [0.2, 0.25) is 0 Å². The monoisotopic (exact) mass is 278 g/mol. The third-order valence-corrected chi connectivity index (χ3v) is 4.15. The van der Waals surface area contributed by atoms with Crippen LogP contribution in [0.15, 0.2) is 60.7 Å². The average molecular weight is 278 g/mol. The Morgan fingerprint density at radius 3 is 2.43 bits per heavy atom. The Balaban J connectivity index is 1.62. The molecule has 0 radical (unpaired) electrons. The summed E-state index contributed by atoms with van der Waals surface area (Å²) in [6.45, 7) is 2.95. The Morgan fingerprint density at radius 2 is 1.76 bits per heavy atom. The summed E-state index contributed by atoms with van der Waals surface area (Å²) in [6, 6.07) is 18.8. The van der Waals surface area contributed by atoms with Crippen molar-refractivity contribution in [1.29, 1.82) is 0 Å². The second kappa shape index (κ2) is 6.62. The molecule has 0 saturated carbocycles. The molecule has 1 atom stereocenters. The van der Waals surface area contributed by atoms with Crippen molar-refractivity contribution < 1.29 is 4.74 Å². The van der Waals surface area contributed by atoms with Crippen LogP contribution in [-0.2, 0) is 6.61 Å². The maximum absolute atomic E-state index is 5.83. The van der Waals surface area contributed by atoms with E-state index in [1.807, 2.05) is 18.2 Å². The normalized spacial score (nSPS) is 18.1. The summed E-state index contributed by atoms with van der Waals surface area (Å²) in [7, 11) is 0. The molecule has 1 aliphatic carbocycles. The smallest absolute Gasteiger partial charge is 0.119 e. The molecule has 3 rings (SSSR count). The van der Waals surface area contributed by atoms with Gasteiger partial charge in [0.1, 0.15) is 12.4 Å². The van der Waals surface area contributed by atoms with Crippen LogP contribution in [0.4, 0.5) is 0 Å². The Bertz CT molecular complexity index is 595. The molecule has 0 bridgehead atoms. The summed E-state index contributed by atoms with van der Waals surface area (Å²) in [5, 5.41) is 0. The van der Waals surface area contributed by atoms with Crippen LogP contribution in [0.25, 0.3) is 5.57 Å². The minimum Gasteiger partial charge on any atom is -0.489 e. The van der Waals surface area contributed by atoms with E-state index in [2.05, 4.69) is 49.4 Å². The van der Waals surface area contributed by atoms with Crippen LogP contribution in [-0.4, -0.2) is 0 Å². The van der Waals surface area contributed by atoms with Crippen molar-refractivity contribution in [3.8, 4) is 5.75 Å². The highest BCUT2D eigenvalue weighted by Gasteiger charge is 2.11. The molecule has 0 aromatic heterocycles. The Hall–Kier alpha value is -2.02. The summed E-state index contributed by atoms with van der Waals surface area (Å²) >= 11 is 0. The van der Waals surface area contributed by atoms with E-state index in [1.165, 1.54) is 36.0 Å². The molecule has 2 aromatic carbocycles. The van der Waals surface area contributed by atoms with Gasteiger partial charge in [-0.05, 0) is 54.0 Å². The third kappa shape index (κ3) is 3.75. The first kappa shape index (κ1) is 13.9. The average Bonchev–Trinajstić information content (AvgIpc) is 2.55. The van der Waals surface area contributed by atoms with Crippen LogP contribution in [0, 0.1) is 5.92 Å². The highest BCUT2D eigenvalue weighted by Crippen LogP contribution is 2.30. The number of ether oxygens (including phenoxy) is 1. The Labute approximate surface area is 127 Å². The van der Waals surface area contributed by atoms with Gasteiger partial charge in [0, 0.05) is 0 Å². The zero-order valence-electron chi connectivity index (χ0n) is 12.6. The number of allylic oxidation sites excluding steroid dienone is 2. The van der Waals surface area contributed by atoms with E-state index >= 15 is 0 Å². The first-order valence-electron chi connectivity index (χ1n) is 7.77. The van der Waals surface area contributed by atoms with Gasteiger partial charge < -0.3 is 4.74 Å². The predicted molar refractivity (Wildman–Crippen MR) is 88.2 cm³/mol. The fourth-order valence-corrected chi connectivity index (χ4v) is 2.73. The fraction of sp³-hybridized carbons (Fsp3) is 0.300. The number of hydrogen-bond donors (Lipinski definition) is 0. The summed E-state index contributed by atoms with van der Waals surface area (Å²) in [6.07, 6.45) is 6.11. The molecule has 0 amide bonds. The molecule has 0 fully saturated rings. The molecule has 0 spiro atoms. The summed E-state index contributed by atoms with van der Waals surface area (Å²) in [5.74, 6) is 1.77. The van der Waals surface area contributed by atoms with Crippen LogP contribution < -0.4 is 4.74 Å². The van der Waals surface area contributed by atoms with E-state index in [1.54, 1.807) is 0 Å². The quantitative estimate of drug-likeness (QED) is 0.720. The van der Waals surface area contributed by atoms with Crippen molar-refractivity contribution in [2.75, 3.05) is 0 Å². The SMILES string of the molecule is CC1CC=C(c2ccc(OCc3ccccc3)cc2)CC1. The number of benzene rings is 2. The van der Waals surface area contributed by atoms with Crippen molar-refractivity contribution in [3.05, 3.63) is 71.8 Å². The van der Waals surface area contributed by atoms with Crippen LogP contribution in [0.1, 0.15) is 37.3 Å². The van der Waals surface area contributed by atoms with E-state index in [4.69, 9.17) is 4.74 Å². The number of rotatable bonds is 4. The molecular weight excluding hydrogens is 256 g/mol. The molecular formula is C20H22O. The largest absolute Gasteiger partial charge is 0.489 e. The topological polar surface area (TPSA) is 9.23 Å². The van der Waals surface area contributed by atoms with Gasteiger partial charge in [-0.1, -0.05) is 55.5 Å². The highest BCUT2D eigenvalue weighted by molar-refractivity contribution is 5.66. The van der Waals surface area contributed by atoms with Crippen molar-refractivity contribution >= 4 is 5.57 Å². The molecule has 1 heteroatoms. The lowest BCUT2D eigenvalue weighted by atomic mass is 9.88. The van der Waals surface area contributed by atoms with Gasteiger partial charge in [0.15, 0.2) is 0 Å². The molecule has 1 unspecified atom stereocenters. The molecule has 1 aliphatic rings. The van der Waals surface area contributed by atoms with E-state index in [0.717, 1.165) is 11.7 Å². The second-order valence-corrected chi connectivity index (χ2v) is 5.91. The van der Waals surface area contributed by atoms with Gasteiger partial charge in [0.05, 0.1) is 0 Å². The molecule has 0 saturated heterocycles. The van der Waals surface area contributed by atoms with Crippen molar-refractivity contribution in [1.82, 2.24) is 0 Å². The van der Waals surface area contributed by atoms with E-state index in [-0.39, 0.29) is 0 Å². The zero-order chi connectivity index (χ0) is 14.5. The molecule has 0 N–H and O–H groups in total. The van der Waals surface area contributed by atoms with Crippen molar-refractivity contribution in [3.63, 3.8) is 0 Å². The highest BCUT2D eigenvalue weighted by atomic mass is 16.5. The lowest BCUT2D eigenvalue weighted by Gasteiger charge is -2.18. The van der Waals surface area contributed by atoms with Gasteiger partial charge >= 0.3 is 0 Å². The third-order valence-electron chi connectivity index (χ3n) is 4.15. The van der Waals surface area contributed by atoms with Gasteiger partial charge in [-0.25, -0.2) is 0 Å². The lowest BCUT2D eigenvalue weighted by molar-refractivity contribution is 0.306. The standard InChI is InChI=1S/C20H22O/c1-16-7-9-18(10-8-16)19-11-13-20(14-12-19)21-15-17-5-3-2-4-6-17/h2-6,9,11-14,16H,7-8,10,15H2,1H3. The zero-order valence-corrected chi connectivity index (χ0v) is 12.6. The second-order valence-electron chi connectivity index (χ2n) is 5.91. The molecule has 0 aliphatic heterocycles. The van der Waals surface area contributed by atoms with Crippen molar-refractivity contribution in [2.45, 2.75) is 32.8 Å². The molecule has 2 aromatic rings. The van der Waals surface area contributed by atoms with Gasteiger partial charge in [0.2, 0.25) is 0 Å². The van der Waals surface area contributed by atoms with Gasteiger partial charge in [0.25, 0.3) is 0 Å². The molecule has 1 nitrogen and oxygen atoms in total. The first-order valence-corrected chi connectivity index (χ1v) is 7.77. The van der Waals surface area contributed by atoms with Crippen LogP contribution >= 0.6 is 0 Å². The minimum absolute atomic E-state index is 0.625. The lowest BCUT2D eigenvalue weighted by Crippen LogP contribution is -2.01. The Morgan fingerprint density at radius 1 is 1.00 bits per heavy atom. The maximum Gasteiger partial charge on any atom is 0.119 e. The van der Waals surface area contributed by atoms with Crippen LogP contribution in [0.3, 0.4) is 0 Å². The summed E-state index contributed by atoms with van der Waals surface area (Å²) in [5.41, 5.74) is 4.03. The predicted octanol–water partition coefficient (Wildman–Crippen LogP) is 5.47. The van der Waals surface area contributed by atoms with Crippen molar-refractivity contribution in [2.24, 2.45) is 5.92 Å². The molecule has 21 heavy (non-hydrogen) atoms. The van der Waals surface area contributed by atoms with Crippen LogP contribution in [0.5, 0.6) is 5.75 Å². The summed E-state index contributed by atoms with van der Waals surface area (Å²) in [4.78, 5) is 0. The van der Waals surface area contributed by atoms with E-state index < -0.39 is 0 Å².